The average Bonchev–Trinajstić information content (AvgIpc) is 3.48. The Morgan fingerprint density at radius 1 is 1.25 bits per heavy atom. The molecule has 1 aliphatic carbocycles. The van der Waals surface area contributed by atoms with Crippen LogP contribution in [0.1, 0.15) is 46.2 Å². The number of hydrogen-bond donors (Lipinski definition) is 3. The van der Waals surface area contributed by atoms with E-state index in [2.05, 4.69) is 15.4 Å². The van der Waals surface area contributed by atoms with E-state index in [0.29, 0.717) is 33.0 Å². The van der Waals surface area contributed by atoms with E-state index in [0.717, 1.165) is 5.56 Å². The molecule has 4 rings (SSSR count). The number of pyridine rings is 1. The average molecular weight is 476 g/mol. The summed E-state index contributed by atoms with van der Waals surface area (Å²) in [6.07, 6.45) is 5.31. The number of amides is 1. The Balaban J connectivity index is 0.000000182. The van der Waals surface area contributed by atoms with E-state index in [1.54, 1.807) is 24.3 Å². The molecule has 1 amide bonds. The highest BCUT2D eigenvalue weighted by Gasteiger charge is 2.29. The van der Waals surface area contributed by atoms with Crippen LogP contribution < -0.4 is 11.1 Å². The molecule has 168 valence electrons. The summed E-state index contributed by atoms with van der Waals surface area (Å²) in [5, 5.41) is 16.6. The number of carboxylic acids is 1. The fourth-order valence-electron chi connectivity index (χ4n) is 3.11. The van der Waals surface area contributed by atoms with Crippen LogP contribution >= 0.6 is 23.2 Å². The summed E-state index contributed by atoms with van der Waals surface area (Å²) in [5.41, 5.74) is 7.74. The Kier molecular flexibility index (Phi) is 7.37. The number of aromatic carboxylic acids is 1. The number of nitrogen functional groups attached to an aromatic ring is 1. The van der Waals surface area contributed by atoms with Crippen molar-refractivity contribution in [2.24, 2.45) is 5.92 Å². The molecule has 10 heteroatoms. The van der Waals surface area contributed by atoms with Gasteiger partial charge >= 0.3 is 5.97 Å². The molecule has 0 spiro atoms. The Hall–Kier alpha value is -3.10. The molecule has 1 aliphatic rings. The van der Waals surface area contributed by atoms with Crippen molar-refractivity contribution in [3.63, 3.8) is 0 Å². The normalized spacial score (nSPS) is 13.6. The maximum Gasteiger partial charge on any atom is 0.354 e. The molecule has 2 aromatic heterocycles. The number of anilines is 1. The molecule has 1 atom stereocenters. The van der Waals surface area contributed by atoms with Crippen LogP contribution in [0.15, 0.2) is 42.7 Å². The number of benzene rings is 1. The summed E-state index contributed by atoms with van der Waals surface area (Å²) >= 11 is 11.8. The van der Waals surface area contributed by atoms with Gasteiger partial charge in [0.25, 0.3) is 5.91 Å². The second kappa shape index (κ2) is 10.0. The number of aromatic nitrogens is 3. The van der Waals surface area contributed by atoms with Crippen LogP contribution in [-0.4, -0.2) is 37.8 Å². The number of hydrogen-bond acceptors (Lipinski definition) is 5. The molecular weight excluding hydrogens is 453 g/mol. The van der Waals surface area contributed by atoms with Gasteiger partial charge in [0, 0.05) is 22.9 Å². The van der Waals surface area contributed by atoms with E-state index in [1.165, 1.54) is 36.0 Å². The lowest BCUT2D eigenvalue weighted by atomic mass is 10.1. The van der Waals surface area contributed by atoms with Crippen molar-refractivity contribution in [3.8, 4) is 5.82 Å². The molecule has 0 radical (unpaired) electrons. The molecular formula is C22H23Cl2N5O3. The van der Waals surface area contributed by atoms with Crippen LogP contribution in [0.4, 0.5) is 5.69 Å². The fraction of sp³-hybridized carbons (Fsp3) is 0.273. The van der Waals surface area contributed by atoms with Gasteiger partial charge in [-0.05, 0) is 68.5 Å². The van der Waals surface area contributed by atoms with Crippen LogP contribution in [-0.2, 0) is 0 Å². The number of carbonyl (C=O) groups excluding carboxylic acids is 1. The SMILES string of the molecule is Cc1cc(Cl)cc(C(=O)NC(C)C2CC2)c1N.O=C(O)c1ccnn1-c1ncccc1Cl. The van der Waals surface area contributed by atoms with Gasteiger partial charge < -0.3 is 16.2 Å². The lowest BCUT2D eigenvalue weighted by Crippen LogP contribution is -2.34. The van der Waals surface area contributed by atoms with Gasteiger partial charge in [-0.25, -0.2) is 14.5 Å². The molecule has 3 aromatic rings. The molecule has 2 heterocycles. The molecule has 0 aliphatic heterocycles. The van der Waals surface area contributed by atoms with Gasteiger partial charge in [-0.15, -0.1) is 0 Å². The second-order valence-electron chi connectivity index (χ2n) is 7.53. The first-order valence-electron chi connectivity index (χ1n) is 9.93. The summed E-state index contributed by atoms with van der Waals surface area (Å²) in [6, 6.07) is 8.26. The van der Waals surface area contributed by atoms with Crippen molar-refractivity contribution in [2.45, 2.75) is 32.7 Å². The minimum atomic E-state index is -1.07. The Bertz CT molecular complexity index is 1140. The highest BCUT2D eigenvalue weighted by molar-refractivity contribution is 6.32. The second-order valence-corrected chi connectivity index (χ2v) is 8.37. The number of halogens is 2. The zero-order valence-corrected chi connectivity index (χ0v) is 19.1. The number of aryl methyl sites for hydroxylation is 1. The van der Waals surface area contributed by atoms with Crippen LogP contribution in [0.5, 0.6) is 0 Å². The third kappa shape index (κ3) is 5.57. The highest BCUT2D eigenvalue weighted by atomic mass is 35.5. The van der Waals surface area contributed by atoms with E-state index in [1.807, 2.05) is 13.8 Å². The van der Waals surface area contributed by atoms with Crippen LogP contribution in [0.3, 0.4) is 0 Å². The number of nitrogens with zero attached hydrogens (tertiary/aromatic N) is 3. The van der Waals surface area contributed by atoms with E-state index in [9.17, 15) is 9.59 Å². The topological polar surface area (TPSA) is 123 Å². The van der Waals surface area contributed by atoms with Crippen LogP contribution in [0.25, 0.3) is 5.82 Å². The summed E-state index contributed by atoms with van der Waals surface area (Å²) in [7, 11) is 0. The van der Waals surface area contributed by atoms with Crippen LogP contribution in [0, 0.1) is 12.8 Å². The molecule has 4 N–H and O–H groups in total. The molecule has 1 saturated carbocycles. The van der Waals surface area contributed by atoms with Crippen molar-refractivity contribution in [1.82, 2.24) is 20.1 Å². The van der Waals surface area contributed by atoms with Gasteiger partial charge in [-0.1, -0.05) is 23.2 Å². The van der Waals surface area contributed by atoms with E-state index < -0.39 is 5.97 Å². The number of rotatable bonds is 5. The van der Waals surface area contributed by atoms with Crippen molar-refractivity contribution in [3.05, 3.63) is 69.6 Å². The summed E-state index contributed by atoms with van der Waals surface area (Å²) in [4.78, 5) is 26.9. The van der Waals surface area contributed by atoms with Gasteiger partial charge in [0.2, 0.25) is 0 Å². The van der Waals surface area contributed by atoms with Crippen molar-refractivity contribution >= 4 is 40.8 Å². The third-order valence-electron chi connectivity index (χ3n) is 5.09. The number of nitrogens with two attached hydrogens (primary N) is 1. The first kappa shape index (κ1) is 23.6. The van der Waals surface area contributed by atoms with Crippen molar-refractivity contribution in [1.29, 1.82) is 0 Å². The van der Waals surface area contributed by atoms with Crippen molar-refractivity contribution < 1.29 is 14.7 Å². The maximum atomic E-state index is 12.1. The van der Waals surface area contributed by atoms with E-state index in [-0.39, 0.29) is 17.6 Å². The summed E-state index contributed by atoms with van der Waals surface area (Å²) in [6.45, 7) is 3.88. The minimum Gasteiger partial charge on any atom is -0.477 e. The summed E-state index contributed by atoms with van der Waals surface area (Å²) < 4.78 is 1.19. The molecule has 0 bridgehead atoms. The highest BCUT2D eigenvalue weighted by Crippen LogP contribution is 2.32. The Labute approximate surface area is 195 Å². The van der Waals surface area contributed by atoms with Gasteiger partial charge in [-0.2, -0.15) is 5.10 Å². The molecule has 1 unspecified atom stereocenters. The standard InChI is InChI=1S/C13H17ClN2O.C9H6ClN3O2/c1-7-5-10(14)6-11(12(7)15)13(17)16-8(2)9-3-4-9;10-6-2-1-4-11-8(6)13-7(9(14)15)3-5-12-13/h5-6,8-9H,3-4,15H2,1-2H3,(H,16,17);1-5H,(H,14,15). The largest absolute Gasteiger partial charge is 0.477 e. The van der Waals surface area contributed by atoms with E-state index >= 15 is 0 Å². The lowest BCUT2D eigenvalue weighted by molar-refractivity contribution is 0.0686. The quantitative estimate of drug-likeness (QED) is 0.470. The monoisotopic (exact) mass is 475 g/mol. The van der Waals surface area contributed by atoms with E-state index in [4.69, 9.17) is 34.0 Å². The van der Waals surface area contributed by atoms with Gasteiger partial charge in [0.1, 0.15) is 0 Å². The molecule has 1 aromatic carbocycles. The zero-order chi connectivity index (χ0) is 23.4. The maximum absolute atomic E-state index is 12.1. The van der Waals surface area contributed by atoms with Gasteiger partial charge in [0.05, 0.1) is 16.8 Å². The van der Waals surface area contributed by atoms with Gasteiger partial charge in [0.15, 0.2) is 11.5 Å². The predicted molar refractivity (Wildman–Crippen MR) is 124 cm³/mol. The zero-order valence-electron chi connectivity index (χ0n) is 17.5. The van der Waals surface area contributed by atoms with Gasteiger partial charge in [-0.3, -0.25) is 4.79 Å². The molecule has 32 heavy (non-hydrogen) atoms. The first-order valence-corrected chi connectivity index (χ1v) is 10.7. The summed E-state index contributed by atoms with van der Waals surface area (Å²) in [5.74, 6) is -0.274. The molecule has 8 nitrogen and oxygen atoms in total. The Morgan fingerprint density at radius 2 is 1.97 bits per heavy atom. The number of nitrogens with one attached hydrogen (secondary N) is 1. The predicted octanol–water partition coefficient (Wildman–Crippen LogP) is 4.38. The fourth-order valence-corrected chi connectivity index (χ4v) is 3.58. The Morgan fingerprint density at radius 3 is 2.59 bits per heavy atom. The number of carboxylic acid groups (broad SMARTS) is 1. The first-order chi connectivity index (χ1) is 15.2. The molecule has 0 saturated heterocycles. The minimum absolute atomic E-state index is 0.0237. The van der Waals surface area contributed by atoms with Crippen LogP contribution in [0.2, 0.25) is 10.0 Å². The number of carbonyl (C=O) groups is 2. The third-order valence-corrected chi connectivity index (χ3v) is 5.60. The lowest BCUT2D eigenvalue weighted by Gasteiger charge is -2.15. The van der Waals surface area contributed by atoms with Crippen molar-refractivity contribution in [2.75, 3.05) is 5.73 Å². The molecule has 1 fully saturated rings. The smallest absolute Gasteiger partial charge is 0.354 e.